The van der Waals surface area contributed by atoms with Gasteiger partial charge >= 0.3 is 5.35 Å². The van der Waals surface area contributed by atoms with Crippen LogP contribution in [0.25, 0.3) is 11.5 Å². The lowest BCUT2D eigenvalue weighted by molar-refractivity contribution is 0.571. The lowest BCUT2D eigenvalue weighted by Gasteiger charge is -1.97. The molecule has 0 bridgehead atoms. The highest BCUT2D eigenvalue weighted by atomic mass is 35.5. The van der Waals surface area contributed by atoms with Crippen LogP contribution in [0, 0.1) is 0 Å². The molecule has 0 saturated carbocycles. The zero-order valence-corrected chi connectivity index (χ0v) is 8.94. The molecular formula is C8H3Cl3N2O. The van der Waals surface area contributed by atoms with Gasteiger partial charge < -0.3 is 4.42 Å². The minimum atomic E-state index is -0.00827. The van der Waals surface area contributed by atoms with E-state index in [0.29, 0.717) is 21.5 Å². The lowest BCUT2D eigenvalue weighted by Crippen LogP contribution is -1.78. The highest BCUT2D eigenvalue weighted by Crippen LogP contribution is 2.28. The van der Waals surface area contributed by atoms with Gasteiger partial charge in [-0.25, -0.2) is 0 Å². The second kappa shape index (κ2) is 3.77. The third-order valence-electron chi connectivity index (χ3n) is 1.57. The average Bonchev–Trinajstić information content (AvgIpc) is 2.57. The first kappa shape index (κ1) is 9.77. The zero-order valence-electron chi connectivity index (χ0n) is 6.67. The molecule has 0 fully saturated rings. The van der Waals surface area contributed by atoms with Crippen LogP contribution >= 0.6 is 34.8 Å². The van der Waals surface area contributed by atoms with E-state index < -0.39 is 0 Å². The molecule has 0 aliphatic carbocycles. The Morgan fingerprint density at radius 1 is 1.00 bits per heavy atom. The molecule has 1 aromatic heterocycles. The smallest absolute Gasteiger partial charge is 0.313 e. The Morgan fingerprint density at radius 3 is 2.36 bits per heavy atom. The number of halogens is 3. The largest absolute Gasteiger partial charge is 0.407 e. The highest BCUT2D eigenvalue weighted by Gasteiger charge is 2.08. The van der Waals surface area contributed by atoms with E-state index in [0.717, 1.165) is 0 Å². The van der Waals surface area contributed by atoms with Crippen LogP contribution in [0.5, 0.6) is 0 Å². The summed E-state index contributed by atoms with van der Waals surface area (Å²) in [4.78, 5) is 0. The minimum Gasteiger partial charge on any atom is -0.407 e. The van der Waals surface area contributed by atoms with E-state index in [9.17, 15) is 0 Å². The van der Waals surface area contributed by atoms with Crippen molar-refractivity contribution < 1.29 is 4.42 Å². The van der Waals surface area contributed by atoms with E-state index in [-0.39, 0.29) is 5.35 Å². The summed E-state index contributed by atoms with van der Waals surface area (Å²) in [6.45, 7) is 0. The molecular weight excluding hydrogens is 246 g/mol. The van der Waals surface area contributed by atoms with Crippen LogP contribution in [0.4, 0.5) is 0 Å². The van der Waals surface area contributed by atoms with Crippen molar-refractivity contribution in [3.8, 4) is 11.5 Å². The summed E-state index contributed by atoms with van der Waals surface area (Å²) in [6, 6.07) is 5.00. The number of benzene rings is 1. The van der Waals surface area contributed by atoms with Crippen LogP contribution < -0.4 is 0 Å². The van der Waals surface area contributed by atoms with Gasteiger partial charge in [-0.05, 0) is 29.8 Å². The number of rotatable bonds is 1. The molecule has 0 aliphatic rings. The number of hydrogen-bond acceptors (Lipinski definition) is 3. The molecule has 0 saturated heterocycles. The van der Waals surface area contributed by atoms with Gasteiger partial charge in [0.15, 0.2) is 0 Å². The minimum absolute atomic E-state index is 0.00827. The van der Waals surface area contributed by atoms with E-state index in [1.54, 1.807) is 18.2 Å². The molecule has 0 unspecified atom stereocenters. The molecule has 0 radical (unpaired) electrons. The summed E-state index contributed by atoms with van der Waals surface area (Å²) in [6.07, 6.45) is 0. The molecule has 0 amide bonds. The van der Waals surface area contributed by atoms with Gasteiger partial charge in [0.2, 0.25) is 5.89 Å². The summed E-state index contributed by atoms with van der Waals surface area (Å²) < 4.78 is 5.01. The van der Waals surface area contributed by atoms with Crippen molar-refractivity contribution in [3.63, 3.8) is 0 Å². The van der Waals surface area contributed by atoms with Gasteiger partial charge in [0.05, 0.1) is 10.0 Å². The van der Waals surface area contributed by atoms with E-state index in [1.807, 2.05) is 0 Å². The third kappa shape index (κ3) is 1.85. The molecule has 0 aliphatic heterocycles. The van der Waals surface area contributed by atoms with Crippen molar-refractivity contribution in [2.45, 2.75) is 0 Å². The first-order valence-corrected chi connectivity index (χ1v) is 4.74. The van der Waals surface area contributed by atoms with Crippen LogP contribution in [0.2, 0.25) is 15.4 Å². The molecule has 2 aromatic rings. The highest BCUT2D eigenvalue weighted by molar-refractivity contribution is 6.42. The Morgan fingerprint density at radius 2 is 1.79 bits per heavy atom. The molecule has 1 heterocycles. The van der Waals surface area contributed by atoms with Crippen molar-refractivity contribution in [2.75, 3.05) is 0 Å². The summed E-state index contributed by atoms with van der Waals surface area (Å²) in [7, 11) is 0. The summed E-state index contributed by atoms with van der Waals surface area (Å²) in [5.41, 5.74) is 0.679. The topological polar surface area (TPSA) is 38.9 Å². The van der Waals surface area contributed by atoms with Gasteiger partial charge in [-0.3, -0.25) is 0 Å². The van der Waals surface area contributed by atoms with Gasteiger partial charge in [-0.15, -0.1) is 5.10 Å². The molecule has 1 aromatic carbocycles. The Balaban J connectivity index is 2.47. The van der Waals surface area contributed by atoms with Gasteiger partial charge in [0.1, 0.15) is 0 Å². The SMILES string of the molecule is Clc1nnc(-c2ccc(Cl)c(Cl)c2)o1. The van der Waals surface area contributed by atoms with Crippen LogP contribution in [-0.2, 0) is 0 Å². The fourth-order valence-corrected chi connectivity index (χ4v) is 1.36. The Bertz CT molecular complexity index is 469. The first-order chi connectivity index (χ1) is 6.66. The third-order valence-corrected chi connectivity index (χ3v) is 2.46. The monoisotopic (exact) mass is 248 g/mol. The number of hydrogen-bond donors (Lipinski definition) is 0. The predicted molar refractivity (Wildman–Crippen MR) is 54.8 cm³/mol. The van der Waals surface area contributed by atoms with Crippen LogP contribution in [-0.4, -0.2) is 10.2 Å². The number of nitrogens with zero attached hydrogens (tertiary/aromatic N) is 2. The Labute approximate surface area is 94.6 Å². The molecule has 72 valence electrons. The molecule has 2 rings (SSSR count). The van der Waals surface area contributed by atoms with Gasteiger partial charge in [0, 0.05) is 5.56 Å². The van der Waals surface area contributed by atoms with Gasteiger partial charge in [-0.2, -0.15) is 0 Å². The maximum absolute atomic E-state index is 5.82. The summed E-state index contributed by atoms with van der Waals surface area (Å²) in [5.74, 6) is 0.313. The Hall–Kier alpha value is -0.770. The molecule has 0 spiro atoms. The van der Waals surface area contributed by atoms with Crippen LogP contribution in [0.3, 0.4) is 0 Å². The lowest BCUT2D eigenvalue weighted by atomic mass is 10.2. The van der Waals surface area contributed by atoms with Crippen molar-refractivity contribution in [1.29, 1.82) is 0 Å². The predicted octanol–water partition coefficient (Wildman–Crippen LogP) is 3.70. The van der Waals surface area contributed by atoms with E-state index in [1.165, 1.54) is 0 Å². The maximum Gasteiger partial charge on any atom is 0.313 e. The first-order valence-electron chi connectivity index (χ1n) is 3.61. The van der Waals surface area contributed by atoms with Crippen molar-refractivity contribution >= 4 is 34.8 Å². The summed E-state index contributed by atoms with van der Waals surface area (Å²) in [5, 5.41) is 8.12. The quantitative estimate of drug-likeness (QED) is 0.773. The molecule has 6 heteroatoms. The van der Waals surface area contributed by atoms with E-state index >= 15 is 0 Å². The normalized spacial score (nSPS) is 10.5. The van der Waals surface area contributed by atoms with Crippen LogP contribution in [0.1, 0.15) is 0 Å². The van der Waals surface area contributed by atoms with E-state index in [2.05, 4.69) is 10.2 Å². The van der Waals surface area contributed by atoms with Crippen molar-refractivity contribution in [3.05, 3.63) is 33.6 Å². The molecule has 14 heavy (non-hydrogen) atoms. The average molecular weight is 249 g/mol. The van der Waals surface area contributed by atoms with Crippen molar-refractivity contribution in [2.24, 2.45) is 0 Å². The fourth-order valence-electron chi connectivity index (χ4n) is 0.951. The van der Waals surface area contributed by atoms with Crippen LogP contribution in [0.15, 0.2) is 22.6 Å². The zero-order chi connectivity index (χ0) is 10.1. The molecule has 3 nitrogen and oxygen atoms in total. The maximum atomic E-state index is 5.82. The fraction of sp³-hybridized carbons (Fsp3) is 0. The van der Waals surface area contributed by atoms with Gasteiger partial charge in [-0.1, -0.05) is 28.3 Å². The number of aromatic nitrogens is 2. The van der Waals surface area contributed by atoms with E-state index in [4.69, 9.17) is 39.2 Å². The van der Waals surface area contributed by atoms with Crippen molar-refractivity contribution in [1.82, 2.24) is 10.2 Å². The standard InChI is InChI=1S/C8H3Cl3N2O/c9-5-2-1-4(3-6(5)10)7-12-13-8(11)14-7/h1-3H. The second-order valence-electron chi connectivity index (χ2n) is 2.49. The Kier molecular flexibility index (Phi) is 2.63. The second-order valence-corrected chi connectivity index (χ2v) is 3.63. The molecule has 0 N–H and O–H groups in total. The van der Waals surface area contributed by atoms with Gasteiger partial charge in [0.25, 0.3) is 0 Å². The summed E-state index contributed by atoms with van der Waals surface area (Å²) >= 11 is 17.0. The molecule has 0 atom stereocenters.